The molecule has 220 valence electrons. The molecule has 1 aromatic heterocycles. The average molecular weight is 572 g/mol. The lowest BCUT2D eigenvalue weighted by Crippen LogP contribution is -2.44. The molecule has 3 aliphatic rings. The normalized spacial score (nSPS) is 22.5. The van der Waals surface area contributed by atoms with Crippen molar-refractivity contribution < 1.29 is 27.9 Å². The molecule has 1 saturated heterocycles. The van der Waals surface area contributed by atoms with Gasteiger partial charge < -0.3 is 20.1 Å². The van der Waals surface area contributed by atoms with Gasteiger partial charge in [-0.25, -0.2) is 0 Å². The third kappa shape index (κ3) is 6.99. The first-order valence-corrected chi connectivity index (χ1v) is 14.0. The Kier molecular flexibility index (Phi) is 9.53. The van der Waals surface area contributed by atoms with Crippen molar-refractivity contribution in [1.29, 1.82) is 5.26 Å². The molecule has 3 unspecified atom stereocenters. The number of alkyl halides is 3. The van der Waals surface area contributed by atoms with Gasteiger partial charge in [-0.3, -0.25) is 14.7 Å². The number of pyridine rings is 1. The van der Waals surface area contributed by atoms with E-state index < -0.39 is 29.8 Å². The van der Waals surface area contributed by atoms with E-state index in [2.05, 4.69) is 10.3 Å². The van der Waals surface area contributed by atoms with E-state index in [4.69, 9.17) is 10.4 Å². The van der Waals surface area contributed by atoms with E-state index in [1.807, 2.05) is 17.2 Å². The van der Waals surface area contributed by atoms with Gasteiger partial charge in [-0.2, -0.15) is 18.4 Å². The van der Waals surface area contributed by atoms with Crippen molar-refractivity contribution in [2.45, 2.75) is 87.2 Å². The van der Waals surface area contributed by atoms with Gasteiger partial charge in [0.2, 0.25) is 5.91 Å². The summed E-state index contributed by atoms with van der Waals surface area (Å²) in [7, 11) is 1.80. The number of nitrogens with zero attached hydrogens (tertiary/aromatic N) is 4. The average Bonchev–Trinajstić information content (AvgIpc) is 3.72. The number of aliphatic hydroxyl groups is 1. The zero-order valence-electron chi connectivity index (χ0n) is 23.1. The summed E-state index contributed by atoms with van der Waals surface area (Å²) in [6.07, 6.45) is 7.12. The molecule has 3 fully saturated rings. The van der Waals surface area contributed by atoms with Crippen molar-refractivity contribution in [3.63, 3.8) is 0 Å². The van der Waals surface area contributed by atoms with E-state index in [0.29, 0.717) is 30.5 Å². The number of likely N-dealkylation sites (N-methyl/N-ethyl adjacent to an activating group) is 1. The van der Waals surface area contributed by atoms with Gasteiger partial charge in [-0.05, 0) is 49.4 Å². The van der Waals surface area contributed by atoms with Crippen LogP contribution in [0.5, 0.6) is 0 Å². The SMILES string of the molecule is CN(c1ccc(C2(C(F)(F)F)CC2)cc1)C(C(=O)NC1CCCCC1)c1cccnc1.N#CN1CC(O)CC1C=O. The van der Waals surface area contributed by atoms with Gasteiger partial charge in [0.15, 0.2) is 6.19 Å². The van der Waals surface area contributed by atoms with Crippen molar-refractivity contribution in [1.82, 2.24) is 15.2 Å². The van der Waals surface area contributed by atoms with Crippen LogP contribution in [0, 0.1) is 11.5 Å². The number of anilines is 1. The molecule has 2 aromatic rings. The number of aldehydes is 1. The molecule has 2 saturated carbocycles. The highest BCUT2D eigenvalue weighted by Crippen LogP contribution is 2.59. The molecule has 8 nitrogen and oxygen atoms in total. The molecule has 2 N–H and O–H groups in total. The number of halogens is 3. The fourth-order valence-corrected chi connectivity index (χ4v) is 5.73. The van der Waals surface area contributed by atoms with Crippen LogP contribution in [-0.2, 0) is 15.0 Å². The second-order valence-electron chi connectivity index (χ2n) is 11.1. The minimum absolute atomic E-state index is 0.111. The number of hydrogen-bond acceptors (Lipinski definition) is 7. The number of nitrogens with one attached hydrogen (secondary N) is 1. The number of rotatable bonds is 7. The van der Waals surface area contributed by atoms with Crippen LogP contribution in [0.2, 0.25) is 0 Å². The summed E-state index contributed by atoms with van der Waals surface area (Å²) in [4.78, 5) is 30.7. The van der Waals surface area contributed by atoms with Crippen LogP contribution in [0.25, 0.3) is 0 Å². The molecule has 1 amide bonds. The summed E-state index contributed by atoms with van der Waals surface area (Å²) in [5, 5.41) is 20.5. The fourth-order valence-electron chi connectivity index (χ4n) is 5.73. The monoisotopic (exact) mass is 571 g/mol. The smallest absolute Gasteiger partial charge is 0.391 e. The van der Waals surface area contributed by atoms with Crippen molar-refractivity contribution >= 4 is 17.9 Å². The number of amides is 1. The van der Waals surface area contributed by atoms with Gasteiger partial charge in [0, 0.05) is 43.2 Å². The number of aromatic nitrogens is 1. The van der Waals surface area contributed by atoms with E-state index in [1.54, 1.807) is 49.8 Å². The molecule has 5 rings (SSSR count). The largest absolute Gasteiger partial charge is 0.398 e. The maximum Gasteiger partial charge on any atom is 0.398 e. The summed E-state index contributed by atoms with van der Waals surface area (Å²) in [6, 6.07) is 9.24. The first kappa shape index (κ1) is 30.3. The maximum absolute atomic E-state index is 13.4. The summed E-state index contributed by atoms with van der Waals surface area (Å²) in [6.45, 7) is 0.292. The van der Waals surface area contributed by atoms with Gasteiger partial charge >= 0.3 is 6.18 Å². The highest BCUT2D eigenvalue weighted by molar-refractivity contribution is 5.86. The Morgan fingerprint density at radius 2 is 1.90 bits per heavy atom. The van der Waals surface area contributed by atoms with Crippen molar-refractivity contribution in [3.05, 3.63) is 59.9 Å². The first-order valence-electron chi connectivity index (χ1n) is 14.0. The minimum atomic E-state index is -4.24. The van der Waals surface area contributed by atoms with Gasteiger partial charge in [0.05, 0.1) is 24.1 Å². The Hall–Kier alpha value is -3.65. The van der Waals surface area contributed by atoms with E-state index in [9.17, 15) is 22.8 Å². The number of carbonyl (C=O) groups is 2. The molecule has 0 spiro atoms. The standard InChI is InChI=1S/C24H28F3N3O.C6H8N2O2/c1-30(20-11-9-18(10-12-20)23(13-14-23)24(25,26)27)21(17-6-5-15-28-16-17)22(31)29-19-7-3-2-4-8-19;7-4-8-2-6(10)1-5(8)3-9/h5-6,9-12,15-16,19,21H,2-4,7-8,13-14H2,1H3,(H,29,31);3,5-6,10H,1-2H2. The van der Waals surface area contributed by atoms with Gasteiger partial charge in [0.1, 0.15) is 12.3 Å². The molecule has 41 heavy (non-hydrogen) atoms. The number of benzene rings is 1. The molecular formula is C30H36F3N5O3. The number of hydrogen-bond donors (Lipinski definition) is 2. The number of β-amino-alcohol motifs (C(OH)–C–C–N with tert-alkyl or cyclic N) is 1. The predicted molar refractivity (Wildman–Crippen MR) is 147 cm³/mol. The maximum atomic E-state index is 13.4. The number of nitriles is 1. The Bertz CT molecular complexity index is 1210. The Morgan fingerprint density at radius 1 is 1.22 bits per heavy atom. The fraction of sp³-hybridized carbons (Fsp3) is 0.533. The van der Waals surface area contributed by atoms with Gasteiger partial charge in [-0.15, -0.1) is 0 Å². The zero-order chi connectivity index (χ0) is 29.6. The predicted octanol–water partition coefficient (Wildman–Crippen LogP) is 4.40. The number of carbonyl (C=O) groups excluding carboxylic acids is 2. The molecule has 11 heteroatoms. The van der Waals surface area contributed by atoms with Gasteiger partial charge in [-0.1, -0.05) is 37.5 Å². The van der Waals surface area contributed by atoms with Crippen LogP contribution in [0.3, 0.4) is 0 Å². The highest BCUT2D eigenvalue weighted by Gasteiger charge is 2.64. The Morgan fingerprint density at radius 3 is 2.41 bits per heavy atom. The Balaban J connectivity index is 0.000000328. The molecule has 3 atom stereocenters. The van der Waals surface area contributed by atoms with E-state index in [1.165, 1.54) is 11.3 Å². The molecule has 0 bridgehead atoms. The number of likely N-dealkylation sites (tertiary alicyclic amines) is 1. The summed E-state index contributed by atoms with van der Waals surface area (Å²) in [5.74, 6) is -0.111. The van der Waals surface area contributed by atoms with Crippen molar-refractivity contribution in [2.24, 2.45) is 0 Å². The molecular weight excluding hydrogens is 535 g/mol. The van der Waals surface area contributed by atoms with Crippen LogP contribution < -0.4 is 10.2 Å². The van der Waals surface area contributed by atoms with E-state index >= 15 is 0 Å². The van der Waals surface area contributed by atoms with Crippen LogP contribution in [0.1, 0.15) is 68.5 Å². The van der Waals surface area contributed by atoms with Crippen molar-refractivity contribution in [2.75, 3.05) is 18.5 Å². The topological polar surface area (TPSA) is 110 Å². The zero-order valence-corrected chi connectivity index (χ0v) is 23.1. The Labute approximate surface area is 238 Å². The van der Waals surface area contributed by atoms with E-state index in [0.717, 1.165) is 31.2 Å². The van der Waals surface area contributed by atoms with Crippen LogP contribution >= 0.6 is 0 Å². The van der Waals surface area contributed by atoms with Crippen molar-refractivity contribution in [3.8, 4) is 6.19 Å². The molecule has 0 radical (unpaired) electrons. The quantitative estimate of drug-likeness (QED) is 0.375. The molecule has 1 aromatic carbocycles. The number of aliphatic hydroxyl groups excluding tert-OH is 1. The van der Waals surface area contributed by atoms with Gasteiger partial charge in [0.25, 0.3) is 0 Å². The lowest BCUT2D eigenvalue weighted by atomic mass is 9.94. The van der Waals surface area contributed by atoms with E-state index in [-0.39, 0.29) is 24.8 Å². The lowest BCUT2D eigenvalue weighted by Gasteiger charge is -2.32. The minimum Gasteiger partial charge on any atom is -0.391 e. The highest BCUT2D eigenvalue weighted by atomic mass is 19.4. The van der Waals surface area contributed by atoms with Crippen LogP contribution in [0.15, 0.2) is 48.8 Å². The second kappa shape index (κ2) is 12.9. The first-order chi connectivity index (χ1) is 19.6. The second-order valence-corrected chi connectivity index (χ2v) is 11.1. The summed E-state index contributed by atoms with van der Waals surface area (Å²) in [5.41, 5.74) is 0.0260. The summed E-state index contributed by atoms with van der Waals surface area (Å²) < 4.78 is 40.3. The third-order valence-corrected chi connectivity index (χ3v) is 8.31. The van der Waals surface area contributed by atoms with Crippen LogP contribution in [-0.4, -0.2) is 65.1 Å². The molecule has 2 aliphatic carbocycles. The van der Waals surface area contributed by atoms with Crippen LogP contribution in [0.4, 0.5) is 18.9 Å². The molecule has 2 heterocycles. The molecule has 1 aliphatic heterocycles. The summed E-state index contributed by atoms with van der Waals surface area (Å²) >= 11 is 0. The lowest BCUT2D eigenvalue weighted by molar-refractivity contribution is -0.160. The third-order valence-electron chi connectivity index (χ3n) is 8.31.